The molecule has 3 rings (SSSR count). The van der Waals surface area contributed by atoms with E-state index in [2.05, 4.69) is 5.32 Å². The first-order valence-corrected chi connectivity index (χ1v) is 9.84. The lowest BCUT2D eigenvalue weighted by Crippen LogP contribution is -2.36. The van der Waals surface area contributed by atoms with Gasteiger partial charge in [-0.15, -0.1) is 0 Å². The second-order valence-electron chi connectivity index (χ2n) is 7.35. The number of benzene rings is 1. The number of hydrogen-bond donors (Lipinski definition) is 1. The molecule has 1 N–H and O–H groups in total. The van der Waals surface area contributed by atoms with Crippen LogP contribution in [0, 0.1) is 11.8 Å². The van der Waals surface area contributed by atoms with Gasteiger partial charge in [-0.25, -0.2) is 0 Å². The normalized spacial score (nSPS) is 23.1. The lowest BCUT2D eigenvalue weighted by atomic mass is 9.81. The van der Waals surface area contributed by atoms with Gasteiger partial charge in [0.25, 0.3) is 0 Å². The summed E-state index contributed by atoms with van der Waals surface area (Å²) in [7, 11) is 1.61. The Bertz CT molecular complexity index is 694. The van der Waals surface area contributed by atoms with Gasteiger partial charge in [0.15, 0.2) is 0 Å². The number of nitrogens with zero attached hydrogens (tertiary/aromatic N) is 1. The van der Waals surface area contributed by atoms with Gasteiger partial charge in [-0.1, -0.05) is 38.0 Å². The Kier molecular flexibility index (Phi) is 6.14. The molecular weight excluding hydrogens is 344 g/mol. The summed E-state index contributed by atoms with van der Waals surface area (Å²) in [5.74, 6) is 0.0722. The molecule has 1 saturated heterocycles. The zero-order chi connectivity index (χ0) is 19.4. The summed E-state index contributed by atoms with van der Waals surface area (Å²) in [5.41, 5.74) is 0.926. The molecule has 1 aliphatic heterocycles. The van der Waals surface area contributed by atoms with Gasteiger partial charge in [0, 0.05) is 18.5 Å². The highest BCUT2D eigenvalue weighted by Crippen LogP contribution is 2.38. The lowest BCUT2D eigenvalue weighted by molar-refractivity contribution is -0.140. The molecule has 0 bridgehead atoms. The number of carbonyl (C=O) groups excluding carboxylic acids is 3. The van der Waals surface area contributed by atoms with Crippen LogP contribution in [0.15, 0.2) is 24.3 Å². The monoisotopic (exact) mass is 372 g/mol. The number of fused-ring (bicyclic) bond motifs is 1. The van der Waals surface area contributed by atoms with E-state index in [1.807, 2.05) is 31.2 Å². The van der Waals surface area contributed by atoms with Crippen LogP contribution in [0.5, 0.6) is 5.75 Å². The minimum absolute atomic E-state index is 0.0886. The fourth-order valence-electron chi connectivity index (χ4n) is 4.29. The van der Waals surface area contributed by atoms with Crippen LogP contribution in [0.25, 0.3) is 0 Å². The Morgan fingerprint density at radius 3 is 2.41 bits per heavy atom. The van der Waals surface area contributed by atoms with Gasteiger partial charge in [0.05, 0.1) is 25.0 Å². The first-order chi connectivity index (χ1) is 13.1. The third-order valence-electron chi connectivity index (χ3n) is 5.75. The molecular formula is C21H28N2O4. The molecule has 1 aromatic rings. The summed E-state index contributed by atoms with van der Waals surface area (Å²) < 4.78 is 5.38. The van der Waals surface area contributed by atoms with E-state index >= 15 is 0 Å². The van der Waals surface area contributed by atoms with E-state index in [1.54, 1.807) is 7.11 Å². The number of nitrogens with one attached hydrogen (secondary N) is 1. The number of hydrogen-bond acceptors (Lipinski definition) is 4. The van der Waals surface area contributed by atoms with Crippen molar-refractivity contribution in [1.29, 1.82) is 0 Å². The first-order valence-electron chi connectivity index (χ1n) is 9.84. The topological polar surface area (TPSA) is 75.7 Å². The lowest BCUT2D eigenvalue weighted by Gasteiger charge is -2.21. The Hall–Kier alpha value is -2.37. The van der Waals surface area contributed by atoms with E-state index in [0.29, 0.717) is 0 Å². The van der Waals surface area contributed by atoms with Gasteiger partial charge in [0.2, 0.25) is 17.7 Å². The Morgan fingerprint density at radius 1 is 1.19 bits per heavy atom. The summed E-state index contributed by atoms with van der Waals surface area (Å²) in [4.78, 5) is 38.8. The number of likely N-dealkylation sites (tertiary alicyclic amines) is 1. The highest BCUT2D eigenvalue weighted by molar-refractivity contribution is 6.05. The van der Waals surface area contributed by atoms with Gasteiger partial charge in [-0.2, -0.15) is 0 Å². The molecule has 6 nitrogen and oxygen atoms in total. The fourth-order valence-corrected chi connectivity index (χ4v) is 4.29. The van der Waals surface area contributed by atoms with Crippen LogP contribution in [0.4, 0.5) is 0 Å². The van der Waals surface area contributed by atoms with Gasteiger partial charge < -0.3 is 10.1 Å². The Labute approximate surface area is 160 Å². The molecule has 1 aliphatic carbocycles. The number of imide groups is 1. The molecule has 2 aliphatic rings. The third-order valence-corrected chi connectivity index (χ3v) is 5.75. The van der Waals surface area contributed by atoms with E-state index in [1.165, 1.54) is 4.90 Å². The van der Waals surface area contributed by atoms with Gasteiger partial charge in [-0.3, -0.25) is 19.3 Å². The molecule has 1 saturated carbocycles. The van der Waals surface area contributed by atoms with E-state index in [0.717, 1.165) is 43.4 Å². The predicted octanol–water partition coefficient (Wildman–Crippen LogP) is 2.83. The maximum absolute atomic E-state index is 12.5. The van der Waals surface area contributed by atoms with Gasteiger partial charge >= 0.3 is 0 Å². The minimum Gasteiger partial charge on any atom is -0.496 e. The summed E-state index contributed by atoms with van der Waals surface area (Å²) in [6.45, 7) is 2.16. The SMILES string of the molecule is CCC(NC(=O)CCN1C(=O)C2CCCCC2C1=O)c1ccccc1OC. The number of ether oxygens (including phenoxy) is 1. The smallest absolute Gasteiger partial charge is 0.233 e. The number of carbonyl (C=O) groups is 3. The molecule has 3 atom stereocenters. The molecule has 27 heavy (non-hydrogen) atoms. The van der Waals surface area contributed by atoms with Crippen molar-refractivity contribution in [3.8, 4) is 5.75 Å². The van der Waals surface area contributed by atoms with Crippen molar-refractivity contribution >= 4 is 17.7 Å². The van der Waals surface area contributed by atoms with Crippen LogP contribution in [0.3, 0.4) is 0 Å². The number of rotatable bonds is 7. The van der Waals surface area contributed by atoms with Crippen molar-refractivity contribution in [3.63, 3.8) is 0 Å². The highest BCUT2D eigenvalue weighted by atomic mass is 16.5. The van der Waals surface area contributed by atoms with Crippen molar-refractivity contribution in [2.75, 3.05) is 13.7 Å². The molecule has 3 amide bonds. The van der Waals surface area contributed by atoms with Crippen molar-refractivity contribution in [1.82, 2.24) is 10.2 Å². The first kappa shape index (κ1) is 19.4. The van der Waals surface area contributed by atoms with Crippen LogP contribution in [-0.4, -0.2) is 36.3 Å². The van der Waals surface area contributed by atoms with Crippen molar-refractivity contribution in [3.05, 3.63) is 29.8 Å². The third kappa shape index (κ3) is 3.99. The second-order valence-corrected chi connectivity index (χ2v) is 7.35. The summed E-state index contributed by atoms with van der Waals surface area (Å²) >= 11 is 0. The van der Waals surface area contributed by atoms with Crippen LogP contribution in [0.1, 0.15) is 57.1 Å². The molecule has 3 unspecified atom stereocenters. The second kappa shape index (κ2) is 8.55. The van der Waals surface area contributed by atoms with Gasteiger partial charge in [-0.05, 0) is 25.3 Å². The Balaban J connectivity index is 1.59. The molecule has 0 radical (unpaired) electrons. The average Bonchev–Trinajstić information content (AvgIpc) is 2.95. The average molecular weight is 372 g/mol. The number of methoxy groups -OCH3 is 1. The predicted molar refractivity (Wildman–Crippen MR) is 101 cm³/mol. The molecule has 2 fully saturated rings. The molecule has 146 valence electrons. The number of amides is 3. The zero-order valence-corrected chi connectivity index (χ0v) is 16.1. The largest absolute Gasteiger partial charge is 0.496 e. The molecule has 0 spiro atoms. The maximum Gasteiger partial charge on any atom is 0.233 e. The van der Waals surface area contributed by atoms with Crippen molar-refractivity contribution < 1.29 is 19.1 Å². The molecule has 6 heteroatoms. The van der Waals surface area contributed by atoms with E-state index in [9.17, 15) is 14.4 Å². The highest BCUT2D eigenvalue weighted by Gasteiger charge is 2.47. The van der Waals surface area contributed by atoms with E-state index < -0.39 is 0 Å². The number of para-hydroxylation sites is 1. The Morgan fingerprint density at radius 2 is 1.81 bits per heavy atom. The minimum atomic E-state index is -0.166. The van der Waals surface area contributed by atoms with E-state index in [4.69, 9.17) is 4.74 Å². The van der Waals surface area contributed by atoms with E-state index in [-0.39, 0.29) is 48.6 Å². The standard InChI is InChI=1S/C21H28N2O4/c1-3-17(16-10-6-7-11-18(16)27-2)22-19(24)12-13-23-20(25)14-8-4-5-9-15(14)21(23)26/h6-7,10-11,14-15,17H,3-5,8-9,12-13H2,1-2H3,(H,22,24). The van der Waals surface area contributed by atoms with Crippen LogP contribution in [-0.2, 0) is 14.4 Å². The molecule has 1 heterocycles. The molecule has 1 aromatic carbocycles. The summed E-state index contributed by atoms with van der Waals surface area (Å²) in [5, 5.41) is 3.01. The quantitative estimate of drug-likeness (QED) is 0.747. The van der Waals surface area contributed by atoms with Crippen LogP contribution in [0.2, 0.25) is 0 Å². The summed E-state index contributed by atoms with van der Waals surface area (Å²) in [6.07, 6.45) is 4.45. The van der Waals surface area contributed by atoms with Crippen LogP contribution >= 0.6 is 0 Å². The van der Waals surface area contributed by atoms with Crippen molar-refractivity contribution in [2.24, 2.45) is 11.8 Å². The van der Waals surface area contributed by atoms with Crippen LogP contribution < -0.4 is 10.1 Å². The zero-order valence-electron chi connectivity index (χ0n) is 16.1. The maximum atomic E-state index is 12.5. The van der Waals surface area contributed by atoms with Crippen molar-refractivity contribution in [2.45, 2.75) is 51.5 Å². The molecule has 0 aromatic heterocycles. The summed E-state index contributed by atoms with van der Waals surface area (Å²) in [6, 6.07) is 7.44. The van der Waals surface area contributed by atoms with Gasteiger partial charge in [0.1, 0.15) is 5.75 Å². The fraction of sp³-hybridized carbons (Fsp3) is 0.571.